The van der Waals surface area contributed by atoms with E-state index in [1.165, 1.54) is 12.8 Å². The number of aromatic nitrogens is 2. The van der Waals surface area contributed by atoms with E-state index in [4.69, 9.17) is 0 Å². The molecule has 0 radical (unpaired) electrons. The Morgan fingerprint density at radius 2 is 2.14 bits per heavy atom. The van der Waals surface area contributed by atoms with Gasteiger partial charge in [0.1, 0.15) is 6.10 Å². The van der Waals surface area contributed by atoms with Crippen LogP contribution in [0.5, 0.6) is 0 Å². The lowest BCUT2D eigenvalue weighted by Gasteiger charge is -2.38. The van der Waals surface area contributed by atoms with Gasteiger partial charge in [-0.3, -0.25) is 0 Å². The van der Waals surface area contributed by atoms with Crippen molar-refractivity contribution >= 4 is 0 Å². The van der Waals surface area contributed by atoms with E-state index in [-0.39, 0.29) is 0 Å². The topological polar surface area (TPSA) is 61.8 Å². The van der Waals surface area contributed by atoms with E-state index in [0.717, 1.165) is 50.3 Å². The molecule has 1 aliphatic carbocycles. The second-order valence-corrected chi connectivity index (χ2v) is 6.41. The molecule has 1 fully saturated rings. The minimum atomic E-state index is -0.723. The van der Waals surface area contributed by atoms with Crippen LogP contribution in [0.2, 0.25) is 0 Å². The summed E-state index contributed by atoms with van der Waals surface area (Å²) in [4.78, 5) is 4.16. The van der Waals surface area contributed by atoms with Crippen LogP contribution in [0.3, 0.4) is 0 Å². The molecule has 1 atom stereocenters. The van der Waals surface area contributed by atoms with E-state index in [1.807, 2.05) is 4.57 Å². The number of hydrogen-bond acceptors (Lipinski definition) is 3. The van der Waals surface area contributed by atoms with Crippen molar-refractivity contribution in [2.75, 3.05) is 0 Å². The number of hydrogen-bond donors (Lipinski definition) is 1. The Labute approximate surface area is 127 Å². The number of nitrogens with zero attached hydrogens (tertiary/aromatic N) is 3. The summed E-state index contributed by atoms with van der Waals surface area (Å²) >= 11 is 0. The van der Waals surface area contributed by atoms with Crippen LogP contribution in [0.1, 0.15) is 70.6 Å². The SMILES string of the molecule is CCCC1CCC(C#N)(C(O)c2cncn2CCC)CC1. The van der Waals surface area contributed by atoms with E-state index in [1.54, 1.807) is 12.5 Å². The Bertz CT molecular complexity index is 480. The van der Waals surface area contributed by atoms with Crippen LogP contribution in [0, 0.1) is 22.7 Å². The normalized spacial score (nSPS) is 27.2. The highest BCUT2D eigenvalue weighted by Crippen LogP contribution is 2.47. The van der Waals surface area contributed by atoms with E-state index in [0.29, 0.717) is 0 Å². The lowest BCUT2D eigenvalue weighted by atomic mass is 9.67. The van der Waals surface area contributed by atoms with Gasteiger partial charge in [0.2, 0.25) is 0 Å². The summed E-state index contributed by atoms with van der Waals surface area (Å²) in [5.74, 6) is 0.726. The van der Waals surface area contributed by atoms with Gasteiger partial charge in [-0.05, 0) is 38.0 Å². The lowest BCUT2D eigenvalue weighted by Crippen LogP contribution is -2.33. The smallest absolute Gasteiger partial charge is 0.114 e. The molecule has 21 heavy (non-hydrogen) atoms. The van der Waals surface area contributed by atoms with Gasteiger partial charge >= 0.3 is 0 Å². The standard InChI is InChI=1S/C17H27N3O/c1-3-5-14-6-8-17(12-18,9-7-14)16(21)15-11-19-13-20(15)10-4-2/h11,13-14,16,21H,3-10H2,1-2H3. The van der Waals surface area contributed by atoms with Crippen LogP contribution < -0.4 is 0 Å². The van der Waals surface area contributed by atoms with E-state index in [9.17, 15) is 10.4 Å². The van der Waals surface area contributed by atoms with Crippen molar-refractivity contribution in [2.45, 2.75) is 71.4 Å². The van der Waals surface area contributed by atoms with E-state index < -0.39 is 11.5 Å². The minimum absolute atomic E-state index is 0.629. The molecule has 0 amide bonds. The molecule has 1 aromatic heterocycles. The summed E-state index contributed by atoms with van der Waals surface area (Å²) in [7, 11) is 0. The van der Waals surface area contributed by atoms with Gasteiger partial charge in [0.05, 0.1) is 29.7 Å². The van der Waals surface area contributed by atoms with E-state index >= 15 is 0 Å². The molecule has 0 spiro atoms. The summed E-state index contributed by atoms with van der Waals surface area (Å²) < 4.78 is 1.99. The molecule has 116 valence electrons. The molecule has 4 heteroatoms. The number of rotatable bonds is 6. The molecule has 0 aliphatic heterocycles. The Balaban J connectivity index is 2.14. The summed E-state index contributed by atoms with van der Waals surface area (Å²) in [6.07, 6.45) is 9.90. The first-order chi connectivity index (χ1) is 10.2. The number of nitriles is 1. The average molecular weight is 289 g/mol. The first-order valence-electron chi connectivity index (χ1n) is 8.26. The average Bonchev–Trinajstić information content (AvgIpc) is 2.96. The third-order valence-corrected chi connectivity index (χ3v) is 4.93. The number of aliphatic hydroxyl groups is 1. The second-order valence-electron chi connectivity index (χ2n) is 6.41. The molecule has 1 unspecified atom stereocenters. The van der Waals surface area contributed by atoms with Gasteiger partial charge in [-0.25, -0.2) is 4.98 Å². The summed E-state index contributed by atoms with van der Waals surface area (Å²) in [6.45, 7) is 5.16. The van der Waals surface area contributed by atoms with Gasteiger partial charge in [-0.1, -0.05) is 26.7 Å². The van der Waals surface area contributed by atoms with Gasteiger partial charge in [0.25, 0.3) is 0 Å². The van der Waals surface area contributed by atoms with Crippen molar-refractivity contribution in [1.29, 1.82) is 5.26 Å². The number of aryl methyl sites for hydroxylation is 1. The Hall–Kier alpha value is -1.34. The Kier molecular flexibility index (Phi) is 5.41. The number of imidazole rings is 1. The van der Waals surface area contributed by atoms with Crippen molar-refractivity contribution < 1.29 is 5.11 Å². The van der Waals surface area contributed by atoms with Gasteiger partial charge in [-0.2, -0.15) is 5.26 Å². The van der Waals surface area contributed by atoms with Gasteiger partial charge < -0.3 is 9.67 Å². The quantitative estimate of drug-likeness (QED) is 0.865. The maximum absolute atomic E-state index is 10.8. The Morgan fingerprint density at radius 3 is 2.71 bits per heavy atom. The van der Waals surface area contributed by atoms with E-state index in [2.05, 4.69) is 24.9 Å². The zero-order valence-electron chi connectivity index (χ0n) is 13.3. The summed E-state index contributed by atoms with van der Waals surface area (Å²) in [5.41, 5.74) is 0.169. The first kappa shape index (κ1) is 16.0. The molecule has 1 heterocycles. The molecular formula is C17H27N3O. The largest absolute Gasteiger partial charge is 0.385 e. The monoisotopic (exact) mass is 289 g/mol. The van der Waals surface area contributed by atoms with Crippen LogP contribution in [0.4, 0.5) is 0 Å². The molecule has 1 aromatic rings. The molecular weight excluding hydrogens is 262 g/mol. The fraction of sp³-hybridized carbons (Fsp3) is 0.765. The lowest BCUT2D eigenvalue weighted by molar-refractivity contribution is 0.0183. The zero-order valence-corrected chi connectivity index (χ0v) is 13.3. The maximum Gasteiger partial charge on any atom is 0.114 e. The third-order valence-electron chi connectivity index (χ3n) is 4.93. The molecule has 2 rings (SSSR count). The Morgan fingerprint density at radius 1 is 1.43 bits per heavy atom. The zero-order chi connectivity index (χ0) is 15.3. The second kappa shape index (κ2) is 7.09. The van der Waals surface area contributed by atoms with Crippen LogP contribution in [-0.2, 0) is 6.54 Å². The van der Waals surface area contributed by atoms with Gasteiger partial charge in [0, 0.05) is 6.54 Å². The molecule has 1 aliphatic rings. The van der Waals surface area contributed by atoms with Crippen molar-refractivity contribution in [1.82, 2.24) is 9.55 Å². The highest BCUT2D eigenvalue weighted by Gasteiger charge is 2.43. The molecule has 1 saturated carbocycles. The maximum atomic E-state index is 10.8. The van der Waals surface area contributed by atoms with Crippen molar-refractivity contribution in [2.24, 2.45) is 11.3 Å². The predicted octanol–water partition coefficient (Wildman–Crippen LogP) is 3.83. The van der Waals surface area contributed by atoms with Crippen molar-refractivity contribution in [3.8, 4) is 6.07 Å². The minimum Gasteiger partial charge on any atom is -0.385 e. The first-order valence-corrected chi connectivity index (χ1v) is 8.26. The molecule has 0 saturated heterocycles. The molecule has 0 aromatic carbocycles. The predicted molar refractivity (Wildman–Crippen MR) is 82.4 cm³/mol. The number of aliphatic hydroxyl groups excluding tert-OH is 1. The van der Waals surface area contributed by atoms with Crippen LogP contribution in [-0.4, -0.2) is 14.7 Å². The fourth-order valence-corrected chi connectivity index (χ4v) is 3.61. The van der Waals surface area contributed by atoms with Gasteiger partial charge in [-0.15, -0.1) is 0 Å². The van der Waals surface area contributed by atoms with Crippen LogP contribution in [0.25, 0.3) is 0 Å². The van der Waals surface area contributed by atoms with Gasteiger partial charge in [0.15, 0.2) is 0 Å². The van der Waals surface area contributed by atoms with Crippen molar-refractivity contribution in [3.63, 3.8) is 0 Å². The summed E-state index contributed by atoms with van der Waals surface area (Å²) in [6, 6.07) is 2.45. The summed E-state index contributed by atoms with van der Waals surface area (Å²) in [5, 5.41) is 20.5. The fourth-order valence-electron chi connectivity index (χ4n) is 3.61. The highest BCUT2D eigenvalue weighted by atomic mass is 16.3. The molecule has 4 nitrogen and oxygen atoms in total. The highest BCUT2D eigenvalue weighted by molar-refractivity contribution is 5.16. The van der Waals surface area contributed by atoms with Crippen LogP contribution in [0.15, 0.2) is 12.5 Å². The molecule has 1 N–H and O–H groups in total. The molecule has 0 bridgehead atoms. The van der Waals surface area contributed by atoms with Crippen molar-refractivity contribution in [3.05, 3.63) is 18.2 Å². The van der Waals surface area contributed by atoms with Crippen LogP contribution >= 0.6 is 0 Å². The third kappa shape index (κ3) is 3.29.